The van der Waals surface area contributed by atoms with Crippen LogP contribution in [-0.4, -0.2) is 54.0 Å². The molecule has 132 valence electrons. The summed E-state index contributed by atoms with van der Waals surface area (Å²) >= 11 is 0. The maximum atomic E-state index is 12.6. The molecule has 6 heteroatoms. The van der Waals surface area contributed by atoms with E-state index in [4.69, 9.17) is 14.2 Å². The molecular formula is C18H25NO5. The lowest BCUT2D eigenvalue weighted by atomic mass is 9.90. The van der Waals surface area contributed by atoms with E-state index in [9.17, 15) is 9.59 Å². The molecular weight excluding hydrogens is 310 g/mol. The van der Waals surface area contributed by atoms with Gasteiger partial charge in [0.25, 0.3) is 0 Å². The number of hydrogen-bond donors (Lipinski definition) is 0. The van der Waals surface area contributed by atoms with Gasteiger partial charge >= 0.3 is 12.1 Å². The smallest absolute Gasteiger partial charge is 0.410 e. The summed E-state index contributed by atoms with van der Waals surface area (Å²) in [7, 11) is 0. The molecule has 0 unspecified atom stereocenters. The molecule has 0 N–H and O–H groups in total. The third-order valence-corrected chi connectivity index (χ3v) is 3.84. The molecule has 4 atom stereocenters. The standard InChI is InChI=1S/C18H25NO5/c1-6-11-22-16(20)14-12(7-2)23-13-9-8-10-19(15(13)14)17(21)24-18(3,4)5/h6-9,12-15H,1-2,10-11H2,3-5H3/t12-,13+,14+,15+/m0/s1. The van der Waals surface area contributed by atoms with Crippen LogP contribution in [-0.2, 0) is 19.0 Å². The molecule has 2 aliphatic heterocycles. The highest BCUT2D eigenvalue weighted by molar-refractivity contribution is 5.77. The Morgan fingerprint density at radius 3 is 2.67 bits per heavy atom. The van der Waals surface area contributed by atoms with Gasteiger partial charge in [-0.05, 0) is 20.8 Å². The zero-order valence-electron chi connectivity index (χ0n) is 14.4. The van der Waals surface area contributed by atoms with Gasteiger partial charge in [0.2, 0.25) is 0 Å². The van der Waals surface area contributed by atoms with E-state index in [1.54, 1.807) is 26.8 Å². The van der Waals surface area contributed by atoms with Crippen LogP contribution < -0.4 is 0 Å². The summed E-state index contributed by atoms with van der Waals surface area (Å²) in [6, 6.07) is -0.481. The van der Waals surface area contributed by atoms with Crippen molar-refractivity contribution in [1.82, 2.24) is 4.90 Å². The molecule has 2 rings (SSSR count). The van der Waals surface area contributed by atoms with Crippen molar-refractivity contribution >= 4 is 12.1 Å². The van der Waals surface area contributed by atoms with Crippen molar-refractivity contribution in [2.45, 2.75) is 44.6 Å². The maximum Gasteiger partial charge on any atom is 0.410 e. The fourth-order valence-electron chi connectivity index (χ4n) is 2.94. The highest BCUT2D eigenvalue weighted by Crippen LogP contribution is 2.36. The molecule has 2 aliphatic rings. The van der Waals surface area contributed by atoms with Gasteiger partial charge < -0.3 is 14.2 Å². The van der Waals surface area contributed by atoms with Crippen molar-refractivity contribution < 1.29 is 23.8 Å². The first-order valence-corrected chi connectivity index (χ1v) is 8.00. The minimum Gasteiger partial charge on any atom is -0.461 e. The second-order valence-electron chi connectivity index (χ2n) is 6.80. The first-order chi connectivity index (χ1) is 11.3. The number of carbonyl (C=O) groups excluding carboxylic acids is 2. The Kier molecular flexibility index (Phi) is 5.49. The average Bonchev–Trinajstić information content (AvgIpc) is 2.89. The molecule has 0 aromatic rings. The van der Waals surface area contributed by atoms with Crippen molar-refractivity contribution in [3.8, 4) is 0 Å². The molecule has 0 aliphatic carbocycles. The van der Waals surface area contributed by atoms with E-state index < -0.39 is 41.8 Å². The molecule has 1 amide bonds. The predicted octanol–water partition coefficient (Wildman–Crippen LogP) is 2.46. The Balaban J connectivity index is 2.26. The summed E-state index contributed by atoms with van der Waals surface area (Å²) in [6.07, 6.45) is 5.38. The third-order valence-electron chi connectivity index (χ3n) is 3.84. The lowest BCUT2D eigenvalue weighted by molar-refractivity contribution is -0.149. The number of hydrogen-bond acceptors (Lipinski definition) is 5. The topological polar surface area (TPSA) is 65.1 Å². The van der Waals surface area contributed by atoms with E-state index >= 15 is 0 Å². The Hall–Kier alpha value is -2.08. The van der Waals surface area contributed by atoms with Crippen LogP contribution in [0.5, 0.6) is 0 Å². The van der Waals surface area contributed by atoms with Crippen LogP contribution in [0.1, 0.15) is 20.8 Å². The Morgan fingerprint density at radius 1 is 1.38 bits per heavy atom. The van der Waals surface area contributed by atoms with Crippen LogP contribution in [0.4, 0.5) is 4.79 Å². The normalized spacial score (nSPS) is 28.9. The number of carbonyl (C=O) groups is 2. The predicted molar refractivity (Wildman–Crippen MR) is 89.4 cm³/mol. The molecule has 0 saturated carbocycles. The number of nitrogens with zero attached hydrogens (tertiary/aromatic N) is 1. The van der Waals surface area contributed by atoms with Crippen molar-refractivity contribution in [2.75, 3.05) is 13.2 Å². The molecule has 0 aromatic carbocycles. The number of rotatable bonds is 4. The molecule has 0 aromatic heterocycles. The minimum absolute atomic E-state index is 0.110. The molecule has 2 heterocycles. The Labute approximate surface area is 142 Å². The SMILES string of the molecule is C=CCOC(=O)[C@H]1[C@H]2[C@@H](C=CCN2C(=O)OC(C)(C)C)O[C@H]1C=C. The quantitative estimate of drug-likeness (QED) is 0.583. The van der Waals surface area contributed by atoms with E-state index in [1.807, 2.05) is 12.2 Å². The molecule has 1 saturated heterocycles. The second-order valence-corrected chi connectivity index (χ2v) is 6.80. The van der Waals surface area contributed by atoms with Crippen LogP contribution in [0.2, 0.25) is 0 Å². The summed E-state index contributed by atoms with van der Waals surface area (Å²) in [6.45, 7) is 13.1. The van der Waals surface area contributed by atoms with Crippen molar-refractivity contribution in [1.29, 1.82) is 0 Å². The van der Waals surface area contributed by atoms with Crippen LogP contribution >= 0.6 is 0 Å². The van der Waals surface area contributed by atoms with Crippen molar-refractivity contribution in [3.05, 3.63) is 37.5 Å². The largest absolute Gasteiger partial charge is 0.461 e. The van der Waals surface area contributed by atoms with Gasteiger partial charge in [-0.3, -0.25) is 9.69 Å². The van der Waals surface area contributed by atoms with E-state index in [-0.39, 0.29) is 6.61 Å². The third kappa shape index (κ3) is 3.87. The number of fused-ring (bicyclic) bond motifs is 1. The van der Waals surface area contributed by atoms with Gasteiger partial charge in [0.1, 0.15) is 18.1 Å². The highest BCUT2D eigenvalue weighted by Gasteiger charge is 2.52. The van der Waals surface area contributed by atoms with Gasteiger partial charge in [0.15, 0.2) is 0 Å². The Morgan fingerprint density at radius 2 is 2.08 bits per heavy atom. The lowest BCUT2D eigenvalue weighted by Gasteiger charge is -2.36. The van der Waals surface area contributed by atoms with Crippen LogP contribution in [0.25, 0.3) is 0 Å². The van der Waals surface area contributed by atoms with E-state index in [2.05, 4.69) is 13.2 Å². The molecule has 24 heavy (non-hydrogen) atoms. The monoisotopic (exact) mass is 335 g/mol. The van der Waals surface area contributed by atoms with Gasteiger partial charge in [-0.2, -0.15) is 0 Å². The van der Waals surface area contributed by atoms with Gasteiger partial charge in [-0.15, -0.1) is 6.58 Å². The molecule has 6 nitrogen and oxygen atoms in total. The van der Waals surface area contributed by atoms with E-state index in [0.717, 1.165) is 0 Å². The fraction of sp³-hybridized carbons (Fsp3) is 0.556. The zero-order valence-corrected chi connectivity index (χ0v) is 14.4. The van der Waals surface area contributed by atoms with Gasteiger partial charge in [0.05, 0.1) is 18.2 Å². The number of ether oxygens (including phenoxy) is 3. The second kappa shape index (κ2) is 7.21. The fourth-order valence-corrected chi connectivity index (χ4v) is 2.94. The summed E-state index contributed by atoms with van der Waals surface area (Å²) in [5.74, 6) is -1.08. The summed E-state index contributed by atoms with van der Waals surface area (Å²) in [5.41, 5.74) is -0.621. The zero-order chi connectivity index (χ0) is 17.9. The molecule has 0 bridgehead atoms. The number of esters is 1. The summed E-state index contributed by atoms with van der Waals surface area (Å²) in [5, 5.41) is 0. The Bertz CT molecular complexity index is 548. The first-order valence-electron chi connectivity index (χ1n) is 8.00. The molecule has 1 fully saturated rings. The maximum absolute atomic E-state index is 12.6. The van der Waals surface area contributed by atoms with Gasteiger partial charge in [-0.1, -0.05) is 30.9 Å². The van der Waals surface area contributed by atoms with E-state index in [0.29, 0.717) is 6.54 Å². The summed E-state index contributed by atoms with van der Waals surface area (Å²) < 4.78 is 16.5. The highest BCUT2D eigenvalue weighted by atomic mass is 16.6. The minimum atomic E-state index is -0.648. The molecule has 0 spiro atoms. The average molecular weight is 335 g/mol. The van der Waals surface area contributed by atoms with Crippen LogP contribution in [0, 0.1) is 5.92 Å². The van der Waals surface area contributed by atoms with Crippen LogP contribution in [0.3, 0.4) is 0 Å². The van der Waals surface area contributed by atoms with Crippen molar-refractivity contribution in [3.63, 3.8) is 0 Å². The van der Waals surface area contributed by atoms with E-state index in [1.165, 1.54) is 11.0 Å². The van der Waals surface area contributed by atoms with Crippen molar-refractivity contribution in [2.24, 2.45) is 5.92 Å². The van der Waals surface area contributed by atoms with Gasteiger partial charge in [-0.25, -0.2) is 4.79 Å². The lowest BCUT2D eigenvalue weighted by Crippen LogP contribution is -2.53. The van der Waals surface area contributed by atoms with Crippen LogP contribution in [0.15, 0.2) is 37.5 Å². The number of amides is 1. The first kappa shape index (κ1) is 18.3. The van der Waals surface area contributed by atoms with Gasteiger partial charge in [0, 0.05) is 6.54 Å². The molecule has 0 radical (unpaired) electrons. The summed E-state index contributed by atoms with van der Waals surface area (Å²) in [4.78, 5) is 26.6.